The lowest BCUT2D eigenvalue weighted by atomic mass is 10.00. The highest BCUT2D eigenvalue weighted by molar-refractivity contribution is 6.15. The summed E-state index contributed by atoms with van der Waals surface area (Å²) >= 11 is 0. The smallest absolute Gasteiger partial charge is 0.180 e. The third kappa shape index (κ3) is 10.1. The number of rotatable bonds is 6. The fourth-order valence-electron chi connectivity index (χ4n) is 18.1. The summed E-state index contributed by atoms with van der Waals surface area (Å²) in [7, 11) is 0. The molecule has 12 aromatic heterocycles. The Labute approximate surface area is 662 Å². The van der Waals surface area contributed by atoms with Gasteiger partial charge < -0.3 is 26.5 Å². The Morgan fingerprint density at radius 2 is 0.538 bits per heavy atom. The first-order valence-electron chi connectivity index (χ1n) is 38.8. The Bertz CT molecular complexity index is 7600. The minimum Gasteiger partial charge on any atom is -0.456 e. The molecule has 0 fully saturated rings. The number of aromatic nitrogens is 10. The lowest BCUT2D eigenvalue weighted by Gasteiger charge is -2.07. The van der Waals surface area contributed by atoms with E-state index in [1.165, 1.54) is 50.1 Å². The van der Waals surface area contributed by atoms with Gasteiger partial charge in [-0.2, -0.15) is 0 Å². The topological polar surface area (TPSA) is 208 Å². The Morgan fingerprint density at radius 3 is 1.01 bits per heavy atom. The largest absolute Gasteiger partial charge is 0.456 e. The number of furan rings is 6. The van der Waals surface area contributed by atoms with Crippen LogP contribution >= 0.6 is 0 Å². The van der Waals surface area contributed by atoms with Crippen LogP contribution in [0.3, 0.4) is 0 Å². The predicted octanol–water partition coefficient (Wildman–Crippen LogP) is 25.1. The van der Waals surface area contributed by atoms with Crippen molar-refractivity contribution in [2.24, 2.45) is 0 Å². The fourth-order valence-corrected chi connectivity index (χ4v) is 18.1. The molecule has 546 valence electrons. The van der Waals surface area contributed by atoms with Crippen molar-refractivity contribution in [2.75, 3.05) is 0 Å². The van der Waals surface area contributed by atoms with E-state index in [0.29, 0.717) is 5.58 Å². The summed E-state index contributed by atoms with van der Waals surface area (Å²) in [6.07, 6.45) is 14.7. The van der Waals surface area contributed by atoms with E-state index >= 15 is 0 Å². The highest BCUT2D eigenvalue weighted by atomic mass is 16.3. The van der Waals surface area contributed by atoms with E-state index in [4.69, 9.17) is 46.4 Å². The highest BCUT2D eigenvalue weighted by Crippen LogP contribution is 2.48. The molecule has 0 aliphatic heterocycles. The number of hydrogen-bond donors (Lipinski definition) is 0. The van der Waals surface area contributed by atoms with E-state index in [0.717, 1.165) is 230 Å². The van der Waals surface area contributed by atoms with Gasteiger partial charge in [-0.3, -0.25) is 9.97 Å². The van der Waals surface area contributed by atoms with Crippen molar-refractivity contribution >= 4 is 132 Å². The molecule has 12 aromatic carbocycles. The minimum absolute atomic E-state index is 0.683. The SMILES string of the molecule is c1ccc2c(c1)Cc1c(-c3ccc4oc5ccc(-c6cncc7c6oc6ccccc67)cc5c4c3)ncnc1-2.c1ccc2c(c1)Cc1c(-c3ccc4oc5ccc(-c6nccc7c6oc6ccccc67)cc5c4c3)ncnc1-2.c1ccc2c(c1)Cc1c(-c3ccc4oc5ccc(-c6ncnc7c6oc6ccccc67)cc5c4c3)ncnc1-2. The van der Waals surface area contributed by atoms with Gasteiger partial charge in [-0.25, -0.2) is 39.9 Å². The Hall–Kier alpha value is -15.9. The molecule has 0 saturated carbocycles. The normalized spacial score (nSPS) is 12.5. The quantitative estimate of drug-likeness (QED) is 0.152. The molecule has 0 atom stereocenters. The monoisotopic (exact) mass is 1500 g/mol. The van der Waals surface area contributed by atoms with Crippen LogP contribution in [0.5, 0.6) is 0 Å². The molecule has 3 aliphatic carbocycles. The summed E-state index contributed by atoms with van der Waals surface area (Å²) < 4.78 is 37.5. The molecule has 0 bridgehead atoms. The molecular formula is C101H56N10O6. The van der Waals surface area contributed by atoms with Gasteiger partial charge in [0.1, 0.15) is 98.0 Å². The highest BCUT2D eigenvalue weighted by Gasteiger charge is 2.29. The molecule has 24 aromatic rings. The predicted molar refractivity (Wildman–Crippen MR) is 458 cm³/mol. The van der Waals surface area contributed by atoms with Gasteiger partial charge in [0.25, 0.3) is 0 Å². The summed E-state index contributed by atoms with van der Waals surface area (Å²) in [5.41, 5.74) is 36.3. The first-order valence-corrected chi connectivity index (χ1v) is 38.8. The molecule has 0 spiro atoms. The summed E-state index contributed by atoms with van der Waals surface area (Å²) in [5.74, 6) is 0. The summed E-state index contributed by atoms with van der Waals surface area (Å²) in [5, 5.41) is 11.4. The summed E-state index contributed by atoms with van der Waals surface area (Å²) in [6.45, 7) is 0. The van der Waals surface area contributed by atoms with Crippen molar-refractivity contribution in [3.63, 3.8) is 0 Å². The third-order valence-corrected chi connectivity index (χ3v) is 23.6. The van der Waals surface area contributed by atoms with E-state index in [2.05, 4.69) is 182 Å². The van der Waals surface area contributed by atoms with Gasteiger partial charge in [-0.1, -0.05) is 127 Å². The van der Waals surface area contributed by atoms with E-state index in [9.17, 15) is 0 Å². The number of para-hydroxylation sites is 3. The second-order valence-electron chi connectivity index (χ2n) is 30.0. The number of nitrogens with zero attached hydrogens (tertiary/aromatic N) is 10. The maximum absolute atomic E-state index is 6.29. The van der Waals surface area contributed by atoms with Crippen LogP contribution in [-0.2, 0) is 19.3 Å². The maximum atomic E-state index is 6.29. The van der Waals surface area contributed by atoms with Crippen LogP contribution in [0.2, 0.25) is 0 Å². The summed E-state index contributed by atoms with van der Waals surface area (Å²) in [4.78, 5) is 46.5. The van der Waals surface area contributed by atoms with Crippen LogP contribution in [0.25, 0.3) is 233 Å². The summed E-state index contributed by atoms with van der Waals surface area (Å²) in [6, 6.07) is 89.1. The lowest BCUT2D eigenvalue weighted by molar-refractivity contribution is 0.666. The van der Waals surface area contributed by atoms with Crippen molar-refractivity contribution in [1.82, 2.24) is 49.8 Å². The average molecular weight is 1510 g/mol. The van der Waals surface area contributed by atoms with Gasteiger partial charge in [0.15, 0.2) is 11.2 Å². The molecule has 0 saturated heterocycles. The van der Waals surface area contributed by atoms with Gasteiger partial charge in [0.05, 0.1) is 34.2 Å². The van der Waals surface area contributed by atoms with Crippen LogP contribution in [-0.4, -0.2) is 49.8 Å². The molecule has 0 amide bonds. The van der Waals surface area contributed by atoms with Crippen LogP contribution in [0.1, 0.15) is 33.4 Å². The maximum Gasteiger partial charge on any atom is 0.180 e. The van der Waals surface area contributed by atoms with Gasteiger partial charge in [0, 0.05) is 164 Å². The number of hydrogen-bond acceptors (Lipinski definition) is 16. The van der Waals surface area contributed by atoms with Crippen LogP contribution in [0, 0.1) is 0 Å². The van der Waals surface area contributed by atoms with Crippen LogP contribution < -0.4 is 0 Å². The molecule has 0 radical (unpaired) electrons. The zero-order valence-corrected chi connectivity index (χ0v) is 61.9. The van der Waals surface area contributed by atoms with E-state index in [-0.39, 0.29) is 0 Å². The molecular weight excluding hydrogens is 1450 g/mol. The van der Waals surface area contributed by atoms with Gasteiger partial charge in [-0.15, -0.1) is 0 Å². The van der Waals surface area contributed by atoms with E-state index < -0.39 is 0 Å². The van der Waals surface area contributed by atoms with E-state index in [1.54, 1.807) is 25.3 Å². The van der Waals surface area contributed by atoms with E-state index in [1.807, 2.05) is 128 Å². The first kappa shape index (κ1) is 64.7. The second kappa shape index (κ2) is 25.3. The zero-order chi connectivity index (χ0) is 76.5. The van der Waals surface area contributed by atoms with Crippen LogP contribution in [0.4, 0.5) is 0 Å². The minimum atomic E-state index is 0.683. The van der Waals surface area contributed by atoms with Crippen LogP contribution in [0.15, 0.2) is 331 Å². The number of pyridine rings is 2. The third-order valence-electron chi connectivity index (χ3n) is 23.6. The van der Waals surface area contributed by atoms with Gasteiger partial charge >= 0.3 is 0 Å². The van der Waals surface area contributed by atoms with Crippen molar-refractivity contribution in [3.8, 4) is 101 Å². The van der Waals surface area contributed by atoms with Gasteiger partial charge in [-0.05, 0) is 156 Å². The standard InChI is InChI=1S/2C34H19N3O2.C33H18N4O2/c1-2-6-22-19(5-1)14-26-32(36-18-37-33(22)26)21-10-12-31-25(15-21)24-13-20(9-11-30(24)38-31)27-16-35-17-28-23-7-3-4-8-29(23)39-34(27)28;1-2-6-22-19(5-1)15-27-31(36-18-37-33(22)27)20-9-11-29-25(16-20)26-17-21(10-12-30(26)38-29)32-34-24(13-14-35-32)23-7-3-4-8-28(23)39-34;1-2-6-21-18(5-1)13-25-29(34-16-36-31(21)25)19-9-11-27-23(14-19)24-15-20(10-12-28(24)38-27)30-33-32(37-17-35-30)22-7-3-4-8-26(22)39-33/h1-13,15-18H,14H2;1-14,16-18H,15H2;1-12,14-17H,13H2. The van der Waals surface area contributed by atoms with Crippen molar-refractivity contribution in [1.29, 1.82) is 0 Å². The fraction of sp³-hybridized carbons (Fsp3) is 0.0297. The van der Waals surface area contributed by atoms with Crippen molar-refractivity contribution in [2.45, 2.75) is 19.3 Å². The molecule has 117 heavy (non-hydrogen) atoms. The van der Waals surface area contributed by atoms with Crippen molar-refractivity contribution in [3.05, 3.63) is 338 Å². The average Bonchev–Trinajstić information content (AvgIpc) is 1.61. The van der Waals surface area contributed by atoms with Crippen molar-refractivity contribution < 1.29 is 26.5 Å². The molecule has 27 rings (SSSR count). The molecule has 0 unspecified atom stereocenters. The Balaban J connectivity index is 0.0000000980. The Morgan fingerprint density at radius 1 is 0.205 bits per heavy atom. The zero-order valence-electron chi connectivity index (χ0n) is 61.9. The Kier molecular flexibility index (Phi) is 14.0. The molecule has 16 nitrogen and oxygen atoms in total. The lowest BCUT2D eigenvalue weighted by Crippen LogP contribution is -1.94. The molecule has 3 aliphatic rings. The second-order valence-corrected chi connectivity index (χ2v) is 30.0. The molecule has 16 heteroatoms. The first-order chi connectivity index (χ1) is 57.9. The molecule has 12 heterocycles. The number of fused-ring (bicyclic) bond motifs is 27. The number of benzene rings is 12. The molecule has 0 N–H and O–H groups in total. The van der Waals surface area contributed by atoms with Gasteiger partial charge in [0.2, 0.25) is 0 Å².